The molecule has 1 aromatic carbocycles. The molecule has 3 N–H and O–H groups in total. The highest BCUT2D eigenvalue weighted by molar-refractivity contribution is 7.52. The molecule has 246 valence electrons. The summed E-state index contributed by atoms with van der Waals surface area (Å²) in [5.74, 6) is -0.946. The number of nitriles is 1. The third kappa shape index (κ3) is 5.65. The third-order valence-electron chi connectivity index (χ3n) is 8.80. The summed E-state index contributed by atoms with van der Waals surface area (Å²) in [7, 11) is -4.26. The van der Waals surface area contributed by atoms with Crippen LogP contribution in [-0.4, -0.2) is 62.9 Å². The van der Waals surface area contributed by atoms with Crippen molar-refractivity contribution >= 4 is 25.1 Å². The predicted octanol–water partition coefficient (Wildman–Crippen LogP) is 4.25. The van der Waals surface area contributed by atoms with E-state index in [1.54, 1.807) is 56.3 Å². The highest BCUT2D eigenvalue weighted by atomic mass is 31.2. The minimum absolute atomic E-state index is 0.203. The maximum Gasteiger partial charge on any atom is 0.459 e. The van der Waals surface area contributed by atoms with Crippen LogP contribution in [0.15, 0.2) is 48.8 Å². The van der Waals surface area contributed by atoms with Gasteiger partial charge in [0.2, 0.25) is 5.60 Å². The minimum atomic E-state index is -4.26. The normalized spacial score (nSPS) is 29.7. The molecular weight excluding hydrogens is 615 g/mol. The van der Waals surface area contributed by atoms with E-state index in [1.807, 2.05) is 13.8 Å². The van der Waals surface area contributed by atoms with Gasteiger partial charge in [0.25, 0.3) is 0 Å². The molecule has 3 fully saturated rings. The van der Waals surface area contributed by atoms with E-state index < -0.39 is 55.1 Å². The van der Waals surface area contributed by atoms with Gasteiger partial charge in [-0.2, -0.15) is 15.4 Å². The first-order valence-electron chi connectivity index (χ1n) is 15.4. The number of ether oxygens (including phenoxy) is 4. The summed E-state index contributed by atoms with van der Waals surface area (Å²) in [6.07, 6.45) is 0.659. The zero-order valence-corrected chi connectivity index (χ0v) is 27.3. The first-order valence-corrected chi connectivity index (χ1v) is 17.0. The van der Waals surface area contributed by atoms with Crippen LogP contribution in [0.1, 0.15) is 59.6 Å². The van der Waals surface area contributed by atoms with Crippen molar-refractivity contribution in [1.82, 2.24) is 19.7 Å². The summed E-state index contributed by atoms with van der Waals surface area (Å²) in [5.41, 5.74) is 3.99. The average molecular weight is 655 g/mol. The van der Waals surface area contributed by atoms with Crippen LogP contribution >= 0.6 is 7.75 Å². The number of hydrogen-bond acceptors (Lipinski definition) is 12. The second-order valence-electron chi connectivity index (χ2n) is 12.4. The number of nitrogen functional groups attached to an aromatic ring is 1. The number of hydrogen-bond donors (Lipinski definition) is 2. The molecule has 46 heavy (non-hydrogen) atoms. The van der Waals surface area contributed by atoms with Gasteiger partial charge in [-0.15, -0.1) is 0 Å². The monoisotopic (exact) mass is 654 g/mol. The third-order valence-corrected chi connectivity index (χ3v) is 10.5. The van der Waals surface area contributed by atoms with Crippen LogP contribution in [0.4, 0.5) is 5.82 Å². The van der Waals surface area contributed by atoms with Crippen LogP contribution < -0.4 is 15.3 Å². The van der Waals surface area contributed by atoms with Gasteiger partial charge in [0.05, 0.1) is 12.3 Å². The Hall–Kier alpha value is -3.57. The van der Waals surface area contributed by atoms with Crippen LogP contribution in [-0.2, 0) is 38.4 Å². The van der Waals surface area contributed by atoms with Gasteiger partial charge in [-0.3, -0.25) is 9.32 Å². The molecule has 6 rings (SSSR count). The van der Waals surface area contributed by atoms with E-state index in [9.17, 15) is 14.6 Å². The zero-order valence-electron chi connectivity index (χ0n) is 26.4. The summed E-state index contributed by atoms with van der Waals surface area (Å²) < 4.78 is 52.8. The molecule has 0 radical (unpaired) electrons. The van der Waals surface area contributed by atoms with Crippen molar-refractivity contribution in [3.05, 3.63) is 54.5 Å². The van der Waals surface area contributed by atoms with Crippen molar-refractivity contribution in [2.75, 3.05) is 12.3 Å². The number of carbonyl (C=O) groups is 1. The number of fused-ring (bicyclic) bond motifs is 3. The lowest BCUT2D eigenvalue weighted by molar-refractivity contribution is -0.210. The standard InChI is InChI=1S/C31H39N6O8P/c1-6-20(7-2)16-40-28(38)19(3)36-46(39,43-21-11-9-8-10-12-21)44-24-15-30(24)25-26(42-29(4,5)41-25)31(17-32,45-30)23-14-13-22-27(33)34-18-35-37(22)23/h8-14,18-20,24-26H,6-7,15-16H2,1-5H3,(H,36,39)(H2,33,34,35)/t19-,24-,25-,26+,30?,31-,46+/m0/s1. The fourth-order valence-corrected chi connectivity index (χ4v) is 7.90. The van der Waals surface area contributed by atoms with Gasteiger partial charge in [0, 0.05) is 6.42 Å². The second-order valence-corrected chi connectivity index (χ2v) is 14.1. The molecule has 1 unspecified atom stereocenters. The summed E-state index contributed by atoms with van der Waals surface area (Å²) in [6, 6.07) is 13.2. The molecule has 1 aliphatic carbocycles. The number of carbonyl (C=O) groups excluding carboxylic acids is 1. The molecule has 14 nitrogen and oxygen atoms in total. The van der Waals surface area contributed by atoms with E-state index in [-0.39, 0.29) is 30.5 Å². The van der Waals surface area contributed by atoms with Crippen molar-refractivity contribution < 1.29 is 37.4 Å². The van der Waals surface area contributed by atoms with E-state index in [0.717, 1.165) is 12.8 Å². The number of anilines is 1. The summed E-state index contributed by atoms with van der Waals surface area (Å²) in [5, 5.41) is 17.8. The van der Waals surface area contributed by atoms with Gasteiger partial charge in [0.15, 0.2) is 11.6 Å². The molecule has 3 aliphatic rings. The quantitative estimate of drug-likeness (QED) is 0.209. The van der Waals surface area contributed by atoms with Gasteiger partial charge in [-0.1, -0.05) is 44.9 Å². The fourth-order valence-electron chi connectivity index (χ4n) is 6.18. The highest BCUT2D eigenvalue weighted by Crippen LogP contribution is 2.66. The number of aromatic nitrogens is 3. The molecule has 1 saturated carbocycles. The minimum Gasteiger partial charge on any atom is -0.464 e. The maximum absolute atomic E-state index is 14.4. The average Bonchev–Trinajstić information content (AvgIpc) is 3.27. The van der Waals surface area contributed by atoms with Crippen LogP contribution in [0.5, 0.6) is 5.75 Å². The van der Waals surface area contributed by atoms with Crippen molar-refractivity contribution in [3.8, 4) is 11.8 Å². The molecule has 2 saturated heterocycles. The van der Waals surface area contributed by atoms with Crippen LogP contribution in [0.2, 0.25) is 0 Å². The Balaban J connectivity index is 1.30. The van der Waals surface area contributed by atoms with Crippen LogP contribution in [0, 0.1) is 17.2 Å². The summed E-state index contributed by atoms with van der Waals surface area (Å²) in [4.78, 5) is 17.0. The number of esters is 1. The highest BCUT2D eigenvalue weighted by Gasteiger charge is 2.80. The fraction of sp³-hybridized carbons (Fsp3) is 0.548. The Kier molecular flexibility index (Phi) is 8.38. The first-order chi connectivity index (χ1) is 21.9. The SMILES string of the molecule is CCC(CC)COC(=O)[C@H](C)N[P@@](=O)(Oc1ccccc1)O[C@H]1CC12O[C@@](C#N)(c1ccc3c(N)ncnn13)[C@@H]1OC(C)(C)O[C@@H]12. The molecule has 2 aliphatic heterocycles. The van der Waals surface area contributed by atoms with Crippen molar-refractivity contribution in [2.24, 2.45) is 5.92 Å². The number of rotatable bonds is 12. The Morgan fingerprint density at radius 2 is 1.91 bits per heavy atom. The summed E-state index contributed by atoms with van der Waals surface area (Å²) >= 11 is 0. The Bertz CT molecular complexity index is 1690. The van der Waals surface area contributed by atoms with Crippen LogP contribution in [0.25, 0.3) is 5.52 Å². The smallest absolute Gasteiger partial charge is 0.459 e. The Morgan fingerprint density at radius 1 is 1.20 bits per heavy atom. The lowest BCUT2D eigenvalue weighted by Crippen LogP contribution is -2.40. The predicted molar refractivity (Wildman–Crippen MR) is 164 cm³/mol. The molecule has 2 aromatic heterocycles. The molecule has 7 atom stereocenters. The largest absolute Gasteiger partial charge is 0.464 e. The molecule has 15 heteroatoms. The Labute approximate surface area is 267 Å². The topological polar surface area (TPSA) is 182 Å². The zero-order chi connectivity index (χ0) is 32.9. The van der Waals surface area contributed by atoms with Crippen molar-refractivity contribution in [2.45, 2.75) is 95.2 Å². The number of benzene rings is 1. The molecule has 0 bridgehead atoms. The van der Waals surface area contributed by atoms with Crippen molar-refractivity contribution in [1.29, 1.82) is 5.26 Å². The van der Waals surface area contributed by atoms with E-state index in [4.69, 9.17) is 33.7 Å². The summed E-state index contributed by atoms with van der Waals surface area (Å²) in [6.45, 7) is 9.34. The molecule has 0 amide bonds. The molecule has 3 aromatic rings. The van der Waals surface area contributed by atoms with Gasteiger partial charge in [-0.05, 0) is 51.0 Å². The van der Waals surface area contributed by atoms with Crippen molar-refractivity contribution in [3.63, 3.8) is 0 Å². The van der Waals surface area contributed by atoms with Gasteiger partial charge < -0.3 is 29.2 Å². The van der Waals surface area contributed by atoms with Gasteiger partial charge >= 0.3 is 13.7 Å². The number of nitrogens with one attached hydrogen (secondary N) is 1. The number of nitrogens with two attached hydrogens (primary N) is 1. The maximum atomic E-state index is 14.4. The lowest BCUT2D eigenvalue weighted by atomic mass is 9.92. The van der Waals surface area contributed by atoms with E-state index >= 15 is 0 Å². The first kappa shape index (κ1) is 32.4. The van der Waals surface area contributed by atoms with Gasteiger partial charge in [0.1, 0.15) is 53.6 Å². The van der Waals surface area contributed by atoms with Crippen LogP contribution in [0.3, 0.4) is 0 Å². The number of para-hydroxylation sites is 1. The van der Waals surface area contributed by atoms with E-state index in [2.05, 4.69) is 21.2 Å². The lowest BCUT2D eigenvalue weighted by Gasteiger charge is -2.29. The Morgan fingerprint density at radius 3 is 2.61 bits per heavy atom. The number of nitrogens with zero attached hydrogens (tertiary/aromatic N) is 4. The van der Waals surface area contributed by atoms with Gasteiger partial charge in [-0.25, -0.2) is 14.1 Å². The molecular formula is C31H39N6O8P. The van der Waals surface area contributed by atoms with E-state index in [1.165, 1.54) is 17.8 Å². The molecule has 1 spiro atoms. The van der Waals surface area contributed by atoms with E-state index in [0.29, 0.717) is 11.2 Å². The second kappa shape index (κ2) is 11.9. The molecule has 4 heterocycles.